The maximum absolute atomic E-state index is 12.6. The van der Waals surface area contributed by atoms with Crippen molar-refractivity contribution in [2.75, 3.05) is 13.2 Å². The number of unbranched alkanes of at least 4 members (excludes halogenated alkanes) is 4. The van der Waals surface area contributed by atoms with Gasteiger partial charge in [-0.2, -0.15) is 0 Å². The highest BCUT2D eigenvalue weighted by molar-refractivity contribution is 6.21. The normalized spacial score (nSPS) is 23.1. The fraction of sp³-hybridized carbons (Fsp3) is 0.381. The zero-order valence-electron chi connectivity index (χ0n) is 28.8. The second-order valence-corrected chi connectivity index (χ2v) is 13.2. The van der Waals surface area contributed by atoms with Crippen molar-refractivity contribution in [2.45, 2.75) is 88.5 Å². The van der Waals surface area contributed by atoms with Crippen LogP contribution in [0.2, 0.25) is 0 Å². The summed E-state index contributed by atoms with van der Waals surface area (Å²) < 4.78 is 25.7. The van der Waals surface area contributed by atoms with Gasteiger partial charge in [-0.1, -0.05) is 122 Å². The molecule has 6 rings (SSSR count). The van der Waals surface area contributed by atoms with Crippen LogP contribution in [0.5, 0.6) is 0 Å². The number of imide groups is 1. The van der Waals surface area contributed by atoms with Gasteiger partial charge < -0.3 is 29.2 Å². The van der Waals surface area contributed by atoms with Gasteiger partial charge in [0.15, 0.2) is 0 Å². The molecular weight excluding hydrogens is 646 g/mol. The van der Waals surface area contributed by atoms with E-state index in [-0.39, 0.29) is 31.6 Å². The average Bonchev–Trinajstić information content (AvgIpc) is 3.41. The number of nitrogens with zero attached hydrogens (tertiary/aromatic N) is 1. The number of fused-ring (bicyclic) bond motifs is 1. The fourth-order valence-electron chi connectivity index (χ4n) is 6.78. The Bertz CT molecular complexity index is 1640. The molecule has 1 aliphatic carbocycles. The molecule has 6 atom stereocenters. The van der Waals surface area contributed by atoms with E-state index in [1.165, 1.54) is 4.90 Å². The number of aliphatic hydroxyl groups is 2. The minimum Gasteiger partial charge on any atom is -0.387 e. The summed E-state index contributed by atoms with van der Waals surface area (Å²) in [5.74, 6) is -0.444. The van der Waals surface area contributed by atoms with Crippen LogP contribution in [0.25, 0.3) is 0 Å². The average molecular weight is 694 g/mol. The molecule has 0 aromatic heterocycles. The van der Waals surface area contributed by atoms with E-state index in [1.807, 2.05) is 91.0 Å². The van der Waals surface area contributed by atoms with Gasteiger partial charge in [-0.15, -0.1) is 0 Å². The first kappa shape index (κ1) is 36.6. The summed E-state index contributed by atoms with van der Waals surface area (Å²) in [6.45, 7) is 1.49. The third-order valence-corrected chi connectivity index (χ3v) is 9.56. The van der Waals surface area contributed by atoms with Crippen LogP contribution in [0.15, 0.2) is 115 Å². The second-order valence-electron chi connectivity index (χ2n) is 13.2. The van der Waals surface area contributed by atoms with Crippen molar-refractivity contribution in [3.05, 3.63) is 143 Å². The van der Waals surface area contributed by atoms with Crippen LogP contribution in [-0.4, -0.2) is 76.7 Å². The van der Waals surface area contributed by atoms with Crippen LogP contribution < -0.4 is 0 Å². The zero-order chi connectivity index (χ0) is 35.4. The van der Waals surface area contributed by atoms with Crippen molar-refractivity contribution >= 4 is 11.8 Å². The molecule has 2 amide bonds. The monoisotopic (exact) mass is 693 g/mol. The van der Waals surface area contributed by atoms with Gasteiger partial charge in [0.1, 0.15) is 36.6 Å². The Morgan fingerprint density at radius 2 is 0.824 bits per heavy atom. The predicted molar refractivity (Wildman–Crippen MR) is 192 cm³/mol. The summed E-state index contributed by atoms with van der Waals surface area (Å²) in [5.41, 5.74) is 3.80. The molecule has 1 heterocycles. The van der Waals surface area contributed by atoms with Crippen molar-refractivity contribution in [1.82, 2.24) is 4.90 Å². The largest absolute Gasteiger partial charge is 0.387 e. The molecule has 9 nitrogen and oxygen atoms in total. The Morgan fingerprint density at radius 1 is 0.451 bits per heavy atom. The van der Waals surface area contributed by atoms with E-state index in [1.54, 1.807) is 24.3 Å². The van der Waals surface area contributed by atoms with E-state index in [9.17, 15) is 19.8 Å². The van der Waals surface area contributed by atoms with Crippen molar-refractivity contribution in [3.8, 4) is 0 Å². The Balaban J connectivity index is 1.07. The quantitative estimate of drug-likeness (QED) is 0.0949. The fourth-order valence-corrected chi connectivity index (χ4v) is 6.78. The number of hydrogen-bond acceptors (Lipinski definition) is 8. The van der Waals surface area contributed by atoms with Crippen molar-refractivity contribution in [2.24, 2.45) is 0 Å². The molecule has 0 saturated heterocycles. The van der Waals surface area contributed by atoms with E-state index in [2.05, 4.69) is 0 Å². The van der Waals surface area contributed by atoms with Gasteiger partial charge in [0.05, 0.1) is 30.9 Å². The molecule has 0 spiro atoms. The van der Waals surface area contributed by atoms with E-state index in [0.29, 0.717) is 24.3 Å². The molecule has 2 N–H and O–H groups in total. The van der Waals surface area contributed by atoms with Gasteiger partial charge in [0.2, 0.25) is 0 Å². The number of carbonyl (C=O) groups excluding carboxylic acids is 2. The van der Waals surface area contributed by atoms with E-state index in [0.717, 1.165) is 48.8 Å². The van der Waals surface area contributed by atoms with Crippen molar-refractivity contribution in [3.63, 3.8) is 0 Å². The lowest BCUT2D eigenvalue weighted by Gasteiger charge is -2.47. The predicted octanol–water partition coefficient (Wildman–Crippen LogP) is 6.11. The lowest BCUT2D eigenvalue weighted by Crippen LogP contribution is -2.66. The first-order valence-electron chi connectivity index (χ1n) is 17.9. The summed E-state index contributed by atoms with van der Waals surface area (Å²) in [4.78, 5) is 26.6. The van der Waals surface area contributed by atoms with E-state index >= 15 is 0 Å². The third kappa shape index (κ3) is 9.37. The maximum atomic E-state index is 12.6. The highest BCUT2D eigenvalue weighted by atomic mass is 16.6. The lowest BCUT2D eigenvalue weighted by molar-refractivity contribution is -0.272. The summed E-state index contributed by atoms with van der Waals surface area (Å²) in [6.07, 6.45) is -1.73. The molecule has 1 aliphatic heterocycles. The molecule has 0 radical (unpaired) electrons. The zero-order valence-corrected chi connectivity index (χ0v) is 28.8. The number of carbonyl (C=O) groups is 2. The van der Waals surface area contributed by atoms with E-state index in [4.69, 9.17) is 18.9 Å². The van der Waals surface area contributed by atoms with Crippen molar-refractivity contribution in [1.29, 1.82) is 0 Å². The Kier molecular flexibility index (Phi) is 13.1. The summed E-state index contributed by atoms with van der Waals surface area (Å²) in [7, 11) is 0. The molecule has 51 heavy (non-hydrogen) atoms. The van der Waals surface area contributed by atoms with Crippen LogP contribution in [0, 0.1) is 0 Å². The topological polar surface area (TPSA) is 115 Å². The molecule has 0 bridgehead atoms. The highest BCUT2D eigenvalue weighted by Gasteiger charge is 2.52. The summed E-state index contributed by atoms with van der Waals surface area (Å²) in [6, 6.07) is 36.2. The molecule has 268 valence electrons. The Hall–Kier alpha value is -4.22. The number of hydrogen-bond donors (Lipinski definition) is 2. The number of amides is 2. The Morgan fingerprint density at radius 3 is 1.29 bits per heavy atom. The SMILES string of the molecule is O=C1c2ccccc2C(=O)N1CCCCCCCOC1C(O)C(O)C(OCc2ccccc2)C(OCc2ccccc2)C1OCc1ccccc1. The maximum Gasteiger partial charge on any atom is 0.261 e. The number of benzene rings is 4. The van der Waals surface area contributed by atoms with Gasteiger partial charge in [-0.05, 0) is 41.7 Å². The van der Waals surface area contributed by atoms with Crippen LogP contribution >= 0.6 is 0 Å². The minimum absolute atomic E-state index is 0.222. The lowest BCUT2D eigenvalue weighted by atomic mass is 9.84. The van der Waals surface area contributed by atoms with Gasteiger partial charge in [0, 0.05) is 13.2 Å². The van der Waals surface area contributed by atoms with Gasteiger partial charge >= 0.3 is 0 Å². The standard InChI is InChI=1S/C42H47NO8/c44-35-36(45)38(49-27-30-17-7-4-8-18-30)40(51-29-32-21-11-6-12-22-32)39(50-28-31-19-9-5-10-20-31)37(35)48-26-16-3-1-2-15-25-43-41(46)33-23-13-14-24-34(33)42(43)47/h4-14,17-24,35-40,44-45H,1-3,15-16,25-29H2. The van der Waals surface area contributed by atoms with Crippen molar-refractivity contribution < 1.29 is 38.7 Å². The van der Waals surface area contributed by atoms with Crippen LogP contribution in [-0.2, 0) is 38.8 Å². The molecule has 6 unspecified atom stereocenters. The second kappa shape index (κ2) is 18.3. The molecule has 1 fully saturated rings. The van der Waals surface area contributed by atoms with Gasteiger partial charge in [-0.25, -0.2) is 0 Å². The molecule has 9 heteroatoms. The molecule has 1 saturated carbocycles. The number of aliphatic hydroxyl groups excluding tert-OH is 2. The molecule has 4 aromatic rings. The first-order chi connectivity index (χ1) is 25.0. The molecule has 2 aliphatic rings. The van der Waals surface area contributed by atoms with E-state index < -0.39 is 36.6 Å². The van der Waals surface area contributed by atoms with Crippen LogP contribution in [0.4, 0.5) is 0 Å². The third-order valence-electron chi connectivity index (χ3n) is 9.56. The Labute approximate surface area is 299 Å². The smallest absolute Gasteiger partial charge is 0.261 e. The first-order valence-corrected chi connectivity index (χ1v) is 17.9. The minimum atomic E-state index is -1.28. The van der Waals surface area contributed by atoms with Gasteiger partial charge in [-0.3, -0.25) is 14.5 Å². The number of rotatable bonds is 18. The molecular formula is C42H47NO8. The number of ether oxygens (including phenoxy) is 4. The summed E-state index contributed by atoms with van der Waals surface area (Å²) >= 11 is 0. The van der Waals surface area contributed by atoms with Crippen LogP contribution in [0.1, 0.15) is 69.5 Å². The molecule has 4 aromatic carbocycles. The van der Waals surface area contributed by atoms with Gasteiger partial charge in [0.25, 0.3) is 11.8 Å². The summed E-state index contributed by atoms with van der Waals surface area (Å²) in [5, 5.41) is 23.0. The highest BCUT2D eigenvalue weighted by Crippen LogP contribution is 2.32. The van der Waals surface area contributed by atoms with Crippen LogP contribution in [0.3, 0.4) is 0 Å².